The highest BCUT2D eigenvalue weighted by Crippen LogP contribution is 2.32. The highest BCUT2D eigenvalue weighted by Gasteiger charge is 2.31. The minimum absolute atomic E-state index is 0.00624. The van der Waals surface area contributed by atoms with Crippen molar-refractivity contribution < 1.29 is 13.2 Å². The summed E-state index contributed by atoms with van der Waals surface area (Å²) in [5.41, 5.74) is -0.850. The second kappa shape index (κ2) is 4.72. The smallest absolute Gasteiger partial charge is 0.368 e. The molecule has 0 aliphatic carbocycles. The number of rotatable bonds is 2. The Labute approximate surface area is 103 Å². The van der Waals surface area contributed by atoms with E-state index in [4.69, 9.17) is 11.6 Å². The van der Waals surface area contributed by atoms with Gasteiger partial charge in [-0.2, -0.15) is 13.2 Å². The van der Waals surface area contributed by atoms with E-state index in [0.29, 0.717) is 6.54 Å². The molecular weight excluding hydrogens is 253 g/mol. The van der Waals surface area contributed by atoms with Crippen LogP contribution in [0.15, 0.2) is 12.3 Å². The standard InChI is InChI=1S/C11H14ClF3N2/c1-10(2,3)6-17-9-8(12)4-7(5-16-9)11(13,14)15/h4-5H,6H2,1-3H3,(H,16,17). The lowest BCUT2D eigenvalue weighted by Crippen LogP contribution is -2.20. The van der Waals surface area contributed by atoms with E-state index in [1.165, 1.54) is 0 Å². The molecule has 1 heterocycles. The number of nitrogens with zero attached hydrogens (tertiary/aromatic N) is 1. The van der Waals surface area contributed by atoms with Crippen LogP contribution in [0.5, 0.6) is 0 Å². The van der Waals surface area contributed by atoms with Crippen molar-refractivity contribution in [2.24, 2.45) is 5.41 Å². The van der Waals surface area contributed by atoms with Gasteiger partial charge in [-0.05, 0) is 11.5 Å². The highest BCUT2D eigenvalue weighted by molar-refractivity contribution is 6.32. The predicted molar refractivity (Wildman–Crippen MR) is 62.2 cm³/mol. The number of aromatic nitrogens is 1. The molecule has 0 atom stereocenters. The quantitative estimate of drug-likeness (QED) is 0.867. The van der Waals surface area contributed by atoms with Gasteiger partial charge in [-0.15, -0.1) is 0 Å². The minimum atomic E-state index is -4.42. The maximum Gasteiger partial charge on any atom is 0.417 e. The Bertz CT molecular complexity index is 397. The molecule has 0 aliphatic rings. The molecule has 0 bridgehead atoms. The zero-order chi connectivity index (χ0) is 13.3. The summed E-state index contributed by atoms with van der Waals surface area (Å²) in [6.07, 6.45) is -3.64. The third-order valence-corrected chi connectivity index (χ3v) is 2.24. The summed E-state index contributed by atoms with van der Waals surface area (Å²) in [6, 6.07) is 0.875. The van der Waals surface area contributed by atoms with E-state index in [2.05, 4.69) is 10.3 Å². The van der Waals surface area contributed by atoms with E-state index in [0.717, 1.165) is 12.3 Å². The Hall–Kier alpha value is -0.970. The summed E-state index contributed by atoms with van der Waals surface area (Å²) in [7, 11) is 0. The molecule has 96 valence electrons. The predicted octanol–water partition coefficient (Wildman–Crippen LogP) is 4.21. The number of pyridine rings is 1. The van der Waals surface area contributed by atoms with Crippen LogP contribution in [0.1, 0.15) is 26.3 Å². The van der Waals surface area contributed by atoms with Gasteiger partial charge in [-0.1, -0.05) is 32.4 Å². The zero-order valence-electron chi connectivity index (χ0n) is 9.82. The molecule has 0 fully saturated rings. The molecule has 0 unspecified atom stereocenters. The summed E-state index contributed by atoms with van der Waals surface area (Å²) >= 11 is 5.74. The normalized spacial score (nSPS) is 12.6. The highest BCUT2D eigenvalue weighted by atomic mass is 35.5. The maximum absolute atomic E-state index is 12.4. The molecule has 0 radical (unpaired) electrons. The van der Waals surface area contributed by atoms with E-state index in [-0.39, 0.29) is 16.3 Å². The number of alkyl halides is 3. The number of hydrogen-bond donors (Lipinski definition) is 1. The van der Waals surface area contributed by atoms with Crippen molar-refractivity contribution in [3.63, 3.8) is 0 Å². The summed E-state index contributed by atoms with van der Waals surface area (Å²) in [5, 5.41) is 2.90. The average Bonchev–Trinajstić information content (AvgIpc) is 2.12. The summed E-state index contributed by atoms with van der Waals surface area (Å²) in [4.78, 5) is 3.68. The van der Waals surface area contributed by atoms with Gasteiger partial charge in [0.05, 0.1) is 10.6 Å². The van der Waals surface area contributed by atoms with Crippen molar-refractivity contribution in [2.45, 2.75) is 26.9 Å². The Morgan fingerprint density at radius 3 is 2.29 bits per heavy atom. The first kappa shape index (κ1) is 14.1. The zero-order valence-corrected chi connectivity index (χ0v) is 10.6. The van der Waals surface area contributed by atoms with Gasteiger partial charge >= 0.3 is 6.18 Å². The molecule has 17 heavy (non-hydrogen) atoms. The fourth-order valence-corrected chi connectivity index (χ4v) is 1.31. The number of halogens is 4. The van der Waals surface area contributed by atoms with Gasteiger partial charge in [0.2, 0.25) is 0 Å². The van der Waals surface area contributed by atoms with Gasteiger partial charge in [0, 0.05) is 12.7 Å². The lowest BCUT2D eigenvalue weighted by atomic mass is 9.97. The van der Waals surface area contributed by atoms with Crippen LogP contribution in [0.25, 0.3) is 0 Å². The number of hydrogen-bond acceptors (Lipinski definition) is 2. The van der Waals surface area contributed by atoms with Crippen molar-refractivity contribution in [3.8, 4) is 0 Å². The van der Waals surface area contributed by atoms with Gasteiger partial charge in [0.15, 0.2) is 0 Å². The van der Waals surface area contributed by atoms with Crippen LogP contribution < -0.4 is 5.32 Å². The molecule has 0 spiro atoms. The molecule has 1 N–H and O–H groups in total. The molecule has 1 rings (SSSR count). The Morgan fingerprint density at radius 2 is 1.88 bits per heavy atom. The van der Waals surface area contributed by atoms with E-state index in [1.807, 2.05) is 20.8 Å². The minimum Gasteiger partial charge on any atom is -0.368 e. The molecule has 2 nitrogen and oxygen atoms in total. The Kier molecular flexibility index (Phi) is 3.91. The van der Waals surface area contributed by atoms with Crippen LogP contribution in [0.4, 0.5) is 19.0 Å². The average molecular weight is 267 g/mol. The summed E-state index contributed by atoms with van der Waals surface area (Å²) < 4.78 is 37.1. The van der Waals surface area contributed by atoms with E-state index in [9.17, 15) is 13.2 Å². The maximum atomic E-state index is 12.4. The van der Waals surface area contributed by atoms with Crippen LogP contribution in [0.3, 0.4) is 0 Å². The van der Waals surface area contributed by atoms with E-state index >= 15 is 0 Å². The molecule has 0 aliphatic heterocycles. The van der Waals surface area contributed by atoms with Gasteiger partial charge in [0.25, 0.3) is 0 Å². The SMILES string of the molecule is CC(C)(C)CNc1ncc(C(F)(F)F)cc1Cl. The van der Waals surface area contributed by atoms with Crippen LogP contribution in [-0.4, -0.2) is 11.5 Å². The molecule has 1 aromatic heterocycles. The molecule has 0 amide bonds. The fraction of sp³-hybridized carbons (Fsp3) is 0.545. The van der Waals surface area contributed by atoms with Gasteiger partial charge in [0.1, 0.15) is 5.82 Å². The van der Waals surface area contributed by atoms with Crippen LogP contribution in [0.2, 0.25) is 5.02 Å². The first-order valence-electron chi connectivity index (χ1n) is 5.06. The lowest BCUT2D eigenvalue weighted by Gasteiger charge is -2.19. The first-order valence-corrected chi connectivity index (χ1v) is 5.44. The van der Waals surface area contributed by atoms with Crippen LogP contribution in [-0.2, 0) is 6.18 Å². The molecule has 0 saturated carbocycles. The van der Waals surface area contributed by atoms with Gasteiger partial charge in [-0.25, -0.2) is 4.98 Å². The van der Waals surface area contributed by atoms with E-state index < -0.39 is 11.7 Å². The Balaban J connectivity index is 2.84. The topological polar surface area (TPSA) is 24.9 Å². The van der Waals surface area contributed by atoms with Crippen LogP contribution in [0, 0.1) is 5.41 Å². The van der Waals surface area contributed by atoms with Crippen molar-refractivity contribution in [1.82, 2.24) is 4.98 Å². The monoisotopic (exact) mass is 266 g/mol. The lowest BCUT2D eigenvalue weighted by molar-refractivity contribution is -0.137. The second-order valence-corrected chi connectivity index (χ2v) is 5.37. The summed E-state index contributed by atoms with van der Waals surface area (Å²) in [6.45, 7) is 6.57. The van der Waals surface area contributed by atoms with Crippen molar-refractivity contribution in [2.75, 3.05) is 11.9 Å². The third-order valence-electron chi connectivity index (χ3n) is 1.95. The fourth-order valence-electron chi connectivity index (χ4n) is 1.07. The number of nitrogens with one attached hydrogen (secondary N) is 1. The summed E-state index contributed by atoms with van der Waals surface area (Å²) in [5.74, 6) is 0.273. The van der Waals surface area contributed by atoms with Crippen molar-refractivity contribution in [1.29, 1.82) is 0 Å². The molecular formula is C11H14ClF3N2. The van der Waals surface area contributed by atoms with E-state index in [1.54, 1.807) is 0 Å². The molecule has 0 saturated heterocycles. The number of anilines is 1. The van der Waals surface area contributed by atoms with Crippen LogP contribution >= 0.6 is 11.6 Å². The largest absolute Gasteiger partial charge is 0.417 e. The van der Waals surface area contributed by atoms with Gasteiger partial charge in [-0.3, -0.25) is 0 Å². The van der Waals surface area contributed by atoms with Gasteiger partial charge < -0.3 is 5.32 Å². The molecule has 1 aromatic rings. The first-order chi connectivity index (χ1) is 7.59. The molecule has 0 aromatic carbocycles. The third kappa shape index (κ3) is 4.42. The Morgan fingerprint density at radius 1 is 1.29 bits per heavy atom. The second-order valence-electron chi connectivity index (χ2n) is 4.97. The van der Waals surface area contributed by atoms with Crippen molar-refractivity contribution in [3.05, 3.63) is 22.8 Å². The molecule has 6 heteroatoms. The van der Waals surface area contributed by atoms with Crippen molar-refractivity contribution >= 4 is 17.4 Å².